The van der Waals surface area contributed by atoms with Crippen LogP contribution in [0.15, 0.2) is 0 Å². The molecule has 0 aliphatic carbocycles. The second-order valence-corrected chi connectivity index (χ2v) is 17.1. The van der Waals surface area contributed by atoms with Gasteiger partial charge in [-0.05, 0) is 0 Å². The molecule has 0 spiro atoms. The molecule has 6 N–H and O–H groups in total. The zero-order valence-electron chi connectivity index (χ0n) is 8.49. The average Bonchev–Trinajstić information content (AvgIpc) is 2.15. The minimum atomic E-state index is -9.96. The average molecular weight is 427 g/mol. The van der Waals surface area contributed by atoms with Crippen molar-refractivity contribution in [2.75, 3.05) is 0 Å². The summed E-state index contributed by atoms with van der Waals surface area (Å²) in [5.41, 5.74) is 0. The van der Waals surface area contributed by atoms with Crippen LogP contribution in [-0.4, -0.2) is 41.1 Å². The van der Waals surface area contributed by atoms with Gasteiger partial charge in [-0.2, -0.15) is 0 Å². The fourth-order valence-electron chi connectivity index (χ4n) is 0.970. The topological polar surface area (TPSA) is 224 Å². The van der Waals surface area contributed by atoms with Crippen LogP contribution in [0.5, 0.6) is 0 Å². The quantitative estimate of drug-likeness (QED) is 0.352. The predicted octanol–water partition coefficient (Wildman–Crippen LogP) is 1.28. The first kappa shape index (κ1) is 17.1. The van der Waals surface area contributed by atoms with Gasteiger partial charge in [-0.25, -0.2) is 0 Å². The van der Waals surface area contributed by atoms with Gasteiger partial charge in [-0.3, -0.25) is 0 Å². The summed E-state index contributed by atoms with van der Waals surface area (Å²) in [4.78, 5) is 66.3. The first-order chi connectivity index (χ1) is 8.34. The minimum absolute atomic E-state index is 3.43. The van der Waals surface area contributed by atoms with Crippen molar-refractivity contribution in [3.05, 3.63) is 0 Å². The van der Waals surface area contributed by atoms with Crippen LogP contribution >= 0.6 is 0 Å². The summed E-state index contributed by atoms with van der Waals surface area (Å²) in [6.07, 6.45) is 0. The summed E-state index contributed by atoms with van der Waals surface area (Å²) in [5.74, 6) is 0. The molecule has 110 valence electrons. The molecule has 0 amide bonds. The van der Waals surface area contributed by atoms with E-state index in [1.54, 1.807) is 0 Å². The van der Waals surface area contributed by atoms with Crippen LogP contribution in [0.3, 0.4) is 0 Å². The van der Waals surface area contributed by atoms with Crippen molar-refractivity contribution in [2.45, 2.75) is 0 Å². The van der Waals surface area contributed by atoms with Gasteiger partial charge in [0.25, 0.3) is 0 Å². The molecule has 0 saturated carbocycles. The molecule has 12 nitrogen and oxygen atoms in total. The zero-order valence-corrected chi connectivity index (χ0v) is 10.8. The standard InChI is InChI=1S/6CHO2.Gd/c6*2-1-3;/h6*(H,2,3);. The van der Waals surface area contributed by atoms with Gasteiger partial charge in [-0.1, -0.05) is 0 Å². The number of hydrogen-bond donors (Lipinski definition) is 6. The Labute approximate surface area is 97.0 Å². The van der Waals surface area contributed by atoms with Crippen molar-refractivity contribution < 1.29 is 87.2 Å². The fraction of sp³-hybridized carbons (Fsp3) is 0. The van der Waals surface area contributed by atoms with Crippen LogP contribution in [0, 0.1) is 27.7 Å². The van der Waals surface area contributed by atoms with Crippen molar-refractivity contribution in [3.8, 4) is 0 Å². The molecule has 0 atom stereocenters. The predicted molar refractivity (Wildman–Crippen MR) is 48.1 cm³/mol. The van der Waals surface area contributed by atoms with Crippen LogP contribution in [0.4, 0.5) is 28.8 Å². The van der Waals surface area contributed by atoms with Crippen molar-refractivity contribution in [1.29, 1.82) is 0 Å². The van der Waals surface area contributed by atoms with Crippen molar-refractivity contribution in [2.24, 2.45) is 0 Å². The summed E-state index contributed by atoms with van der Waals surface area (Å²) in [7, 11) is 0. The van der Waals surface area contributed by atoms with Gasteiger partial charge in [0.1, 0.15) is 0 Å². The first-order valence-electron chi connectivity index (χ1n) is 3.63. The van der Waals surface area contributed by atoms with Crippen LogP contribution in [0.2, 0.25) is 0 Å². The van der Waals surface area contributed by atoms with E-state index < -0.39 is 38.2 Å². The number of rotatable bonds is 6. The second kappa shape index (κ2) is 3.82. The molecule has 0 aromatic carbocycles. The molecule has 0 radical (unpaired) electrons. The Balaban J connectivity index is 8.00. The molecule has 19 heavy (non-hydrogen) atoms. The van der Waals surface area contributed by atoms with Crippen LogP contribution in [0.1, 0.15) is 0 Å². The van der Waals surface area contributed by atoms with E-state index in [2.05, 4.69) is 0 Å². The van der Waals surface area contributed by atoms with Crippen LogP contribution in [0.25, 0.3) is 0 Å². The van der Waals surface area contributed by atoms with Crippen molar-refractivity contribution >= 4 is 10.5 Å². The molecule has 0 aromatic heterocycles. The number of carboxylic acid groups (broad SMARTS) is 6. The third-order valence-corrected chi connectivity index (χ3v) is 16.8. The molecule has 0 aromatic rings. The molecule has 0 fully saturated rings. The Hall–Kier alpha value is -1.86. The number of carbonyl (C=O) groups is 6. The zero-order chi connectivity index (χ0) is 15.9. The Morgan fingerprint density at radius 2 is 0.526 bits per heavy atom. The van der Waals surface area contributed by atoms with E-state index in [1.807, 2.05) is 0 Å². The van der Waals surface area contributed by atoms with Gasteiger partial charge in [0.05, 0.1) is 0 Å². The van der Waals surface area contributed by atoms with E-state index in [4.69, 9.17) is 30.6 Å². The normalized spacial score (nSPS) is 14.5. The Bertz CT molecular complexity index is 425. The molecule has 13 heteroatoms. The second-order valence-electron chi connectivity index (χ2n) is 2.78. The molecule has 0 bridgehead atoms. The molecule has 0 aliphatic heterocycles. The summed E-state index contributed by atoms with van der Waals surface area (Å²) < 4.78 is -20.6. The summed E-state index contributed by atoms with van der Waals surface area (Å²) in [5, 5.41) is 52.5. The molecule has 0 unspecified atom stereocenters. The summed E-state index contributed by atoms with van der Waals surface area (Å²) in [6, 6.07) is 0. The Morgan fingerprint density at radius 3 is 0.526 bits per heavy atom. The summed E-state index contributed by atoms with van der Waals surface area (Å²) >= 11 is -9.96. The fourth-order valence-corrected chi connectivity index (χ4v) is 7.20. The van der Waals surface area contributed by atoms with E-state index in [0.29, 0.717) is 0 Å². The molecular weight excluding hydrogens is 421 g/mol. The number of hydrogen-bond acceptors (Lipinski definition) is 6. The van der Waals surface area contributed by atoms with E-state index >= 15 is 0 Å². The van der Waals surface area contributed by atoms with Gasteiger partial charge in [0.15, 0.2) is 0 Å². The molecular formula is C6H6GdO12. The van der Waals surface area contributed by atoms with Crippen molar-refractivity contribution in [3.63, 3.8) is 0 Å². The SMILES string of the molecule is O=[C](O)[Gd]([C](=O)O)([C](=O)O)([C](=O)O)([C](=O)O)[C](=O)O. The van der Waals surface area contributed by atoms with Gasteiger partial charge in [0.2, 0.25) is 0 Å². The Morgan fingerprint density at radius 1 is 0.421 bits per heavy atom. The van der Waals surface area contributed by atoms with Gasteiger partial charge >= 0.3 is 97.7 Å². The third kappa shape index (κ3) is 0.955. The van der Waals surface area contributed by atoms with E-state index in [0.717, 1.165) is 0 Å². The van der Waals surface area contributed by atoms with Crippen LogP contribution in [-0.2, 0) is 0 Å². The van der Waals surface area contributed by atoms with E-state index in [9.17, 15) is 28.8 Å². The molecule has 0 saturated heterocycles. The Kier molecular flexibility index (Phi) is 3.44. The van der Waals surface area contributed by atoms with Crippen molar-refractivity contribution in [1.82, 2.24) is 0 Å². The van der Waals surface area contributed by atoms with E-state index in [-0.39, 0.29) is 0 Å². The van der Waals surface area contributed by atoms with Crippen LogP contribution < -0.4 is 0 Å². The molecule has 0 heterocycles. The van der Waals surface area contributed by atoms with Gasteiger partial charge in [-0.15, -0.1) is 0 Å². The monoisotopic (exact) mass is 428 g/mol. The summed E-state index contributed by atoms with van der Waals surface area (Å²) in [6.45, 7) is 0. The molecule has 0 rings (SSSR count). The molecule has 0 aliphatic rings. The van der Waals surface area contributed by atoms with Gasteiger partial charge in [0, 0.05) is 0 Å². The third-order valence-electron chi connectivity index (χ3n) is 2.27. The van der Waals surface area contributed by atoms with E-state index in [1.165, 1.54) is 0 Å². The maximum atomic E-state index is 11.1. The van der Waals surface area contributed by atoms with Gasteiger partial charge < -0.3 is 0 Å². The maximum absolute atomic E-state index is 11.1. The first-order valence-corrected chi connectivity index (χ1v) is 10.4.